The Morgan fingerprint density at radius 2 is 2.00 bits per heavy atom. The van der Waals surface area contributed by atoms with E-state index in [4.69, 9.17) is 11.6 Å². The van der Waals surface area contributed by atoms with Crippen LogP contribution in [0, 0.1) is 11.8 Å². The molecule has 0 spiro atoms. The summed E-state index contributed by atoms with van der Waals surface area (Å²) in [5.74, 6) is 1.24. The second-order valence-electron chi connectivity index (χ2n) is 4.03. The first-order valence-corrected chi connectivity index (χ1v) is 5.20. The van der Waals surface area contributed by atoms with Crippen LogP contribution in [0.3, 0.4) is 0 Å². The molecule has 1 aromatic rings. The minimum absolute atomic E-state index is 0.289. The number of amides is 1. The normalized spacial score (nSPS) is 29.2. The molecule has 0 aromatic heterocycles. The maximum Gasteiger partial charge on any atom is 0.230 e. The zero-order valence-corrected chi connectivity index (χ0v) is 8.37. The van der Waals surface area contributed by atoms with Gasteiger partial charge in [0.05, 0.1) is 0 Å². The van der Waals surface area contributed by atoms with E-state index < -0.39 is 0 Å². The fourth-order valence-corrected chi connectivity index (χ4v) is 2.26. The molecule has 1 saturated heterocycles. The zero-order valence-electron chi connectivity index (χ0n) is 7.61. The zero-order chi connectivity index (χ0) is 9.71. The highest BCUT2D eigenvalue weighted by Crippen LogP contribution is 2.47. The summed E-state index contributed by atoms with van der Waals surface area (Å²) in [5.41, 5.74) is 0.978. The second-order valence-corrected chi connectivity index (χ2v) is 4.46. The molecule has 2 nitrogen and oxygen atoms in total. The molecule has 0 radical (unpaired) electrons. The van der Waals surface area contributed by atoms with Crippen molar-refractivity contribution < 1.29 is 4.79 Å². The first-order valence-electron chi connectivity index (χ1n) is 4.82. The molecule has 1 amide bonds. The minimum atomic E-state index is 0.289. The van der Waals surface area contributed by atoms with Crippen LogP contribution >= 0.6 is 11.6 Å². The highest BCUT2D eigenvalue weighted by atomic mass is 35.5. The maximum atomic E-state index is 11.7. The van der Waals surface area contributed by atoms with Gasteiger partial charge in [-0.3, -0.25) is 4.79 Å². The molecule has 3 heteroatoms. The Labute approximate surface area is 87.5 Å². The maximum absolute atomic E-state index is 11.7. The first kappa shape index (κ1) is 8.30. The summed E-state index contributed by atoms with van der Waals surface area (Å²) in [6.07, 6.45) is 1.10. The topological polar surface area (TPSA) is 20.3 Å². The number of carbonyl (C=O) groups excluding carboxylic acids is 1. The lowest BCUT2D eigenvalue weighted by Gasteiger charge is -2.17. The number of halogens is 1. The third kappa shape index (κ3) is 1.14. The number of fused-ring (bicyclic) bond motifs is 1. The van der Waals surface area contributed by atoms with E-state index in [1.165, 1.54) is 0 Å². The number of rotatable bonds is 1. The standard InChI is InChI=1S/C11H10ClNO/c12-8-1-3-9(4-2-8)13-6-7-5-10(7)11(13)14/h1-4,7,10H,5-6H2. The third-order valence-corrected chi connectivity index (χ3v) is 3.31. The molecule has 1 heterocycles. The van der Waals surface area contributed by atoms with Gasteiger partial charge in [-0.15, -0.1) is 0 Å². The predicted molar refractivity (Wildman–Crippen MR) is 55.4 cm³/mol. The molecule has 0 N–H and O–H groups in total. The van der Waals surface area contributed by atoms with Crippen molar-refractivity contribution in [2.24, 2.45) is 11.8 Å². The van der Waals surface area contributed by atoms with Crippen LogP contribution in [0.1, 0.15) is 6.42 Å². The highest BCUT2D eigenvalue weighted by Gasteiger charge is 2.52. The molecule has 2 fully saturated rings. The van der Waals surface area contributed by atoms with E-state index in [0.29, 0.717) is 16.9 Å². The van der Waals surface area contributed by atoms with Crippen LogP contribution in [-0.4, -0.2) is 12.5 Å². The van der Waals surface area contributed by atoms with E-state index >= 15 is 0 Å². The molecule has 2 aliphatic rings. The summed E-state index contributed by atoms with van der Waals surface area (Å²) in [4.78, 5) is 13.6. The largest absolute Gasteiger partial charge is 0.312 e. The van der Waals surface area contributed by atoms with Gasteiger partial charge in [0.25, 0.3) is 0 Å². The molecule has 1 saturated carbocycles. The molecule has 1 aromatic carbocycles. The van der Waals surface area contributed by atoms with Gasteiger partial charge in [0, 0.05) is 23.2 Å². The number of carbonyl (C=O) groups is 1. The summed E-state index contributed by atoms with van der Waals surface area (Å²) in [5, 5.41) is 0.713. The van der Waals surface area contributed by atoms with Crippen molar-refractivity contribution in [3.8, 4) is 0 Å². The number of piperidine rings is 1. The summed E-state index contributed by atoms with van der Waals surface area (Å²) in [6, 6.07) is 7.47. The van der Waals surface area contributed by atoms with Crippen molar-refractivity contribution in [1.29, 1.82) is 0 Å². The highest BCUT2D eigenvalue weighted by molar-refractivity contribution is 6.30. The third-order valence-electron chi connectivity index (χ3n) is 3.06. The second kappa shape index (κ2) is 2.74. The monoisotopic (exact) mass is 207 g/mol. The lowest BCUT2D eigenvalue weighted by atomic mass is 10.3. The number of anilines is 1. The molecular formula is C11H10ClNO. The fourth-order valence-electron chi connectivity index (χ4n) is 2.13. The van der Waals surface area contributed by atoms with Crippen LogP contribution in [0.5, 0.6) is 0 Å². The number of hydrogen-bond acceptors (Lipinski definition) is 1. The SMILES string of the molecule is O=C1C2CC2CN1c1ccc(Cl)cc1. The number of benzene rings is 1. The Hall–Kier alpha value is -1.02. The van der Waals surface area contributed by atoms with E-state index in [2.05, 4.69) is 0 Å². The van der Waals surface area contributed by atoms with Gasteiger partial charge in [-0.05, 0) is 36.6 Å². The molecule has 1 aliphatic heterocycles. The van der Waals surface area contributed by atoms with Gasteiger partial charge in [0.2, 0.25) is 5.91 Å². The van der Waals surface area contributed by atoms with Crippen molar-refractivity contribution >= 4 is 23.2 Å². The molecular weight excluding hydrogens is 198 g/mol. The predicted octanol–water partition coefficient (Wildman–Crippen LogP) is 2.32. The van der Waals surface area contributed by atoms with E-state index in [1.54, 1.807) is 0 Å². The summed E-state index contributed by atoms with van der Waals surface area (Å²) in [7, 11) is 0. The van der Waals surface area contributed by atoms with Crippen molar-refractivity contribution in [3.05, 3.63) is 29.3 Å². The van der Waals surface area contributed by atoms with Gasteiger partial charge in [-0.1, -0.05) is 11.6 Å². The Bertz CT molecular complexity index is 387. The smallest absolute Gasteiger partial charge is 0.230 e. The van der Waals surface area contributed by atoms with E-state index in [9.17, 15) is 4.79 Å². The average Bonchev–Trinajstić information content (AvgIpc) is 2.88. The quantitative estimate of drug-likeness (QED) is 0.692. The van der Waals surface area contributed by atoms with Crippen LogP contribution in [0.4, 0.5) is 5.69 Å². The molecule has 3 rings (SSSR count). The Kier molecular flexibility index (Phi) is 1.62. The van der Waals surface area contributed by atoms with Crippen molar-refractivity contribution in [1.82, 2.24) is 0 Å². The van der Waals surface area contributed by atoms with E-state index in [1.807, 2.05) is 29.2 Å². The van der Waals surface area contributed by atoms with Crippen LogP contribution in [0.25, 0.3) is 0 Å². The Morgan fingerprint density at radius 3 is 2.57 bits per heavy atom. The van der Waals surface area contributed by atoms with Gasteiger partial charge in [0.1, 0.15) is 0 Å². The molecule has 0 bridgehead atoms. The van der Waals surface area contributed by atoms with Gasteiger partial charge < -0.3 is 4.90 Å². The minimum Gasteiger partial charge on any atom is -0.312 e. The lowest BCUT2D eigenvalue weighted by molar-refractivity contribution is -0.118. The average molecular weight is 208 g/mol. The first-order chi connectivity index (χ1) is 6.75. The molecule has 1 aliphatic carbocycles. The van der Waals surface area contributed by atoms with Crippen LogP contribution < -0.4 is 4.90 Å². The van der Waals surface area contributed by atoms with Crippen molar-refractivity contribution in [2.45, 2.75) is 6.42 Å². The van der Waals surface area contributed by atoms with Crippen LogP contribution in [0.2, 0.25) is 5.02 Å². The summed E-state index contributed by atoms with van der Waals surface area (Å²) >= 11 is 5.79. The van der Waals surface area contributed by atoms with E-state index in [-0.39, 0.29) is 5.91 Å². The molecule has 2 unspecified atom stereocenters. The van der Waals surface area contributed by atoms with Gasteiger partial charge in [-0.25, -0.2) is 0 Å². The van der Waals surface area contributed by atoms with Crippen LogP contribution in [-0.2, 0) is 4.79 Å². The fraction of sp³-hybridized carbons (Fsp3) is 0.364. The van der Waals surface area contributed by atoms with Gasteiger partial charge >= 0.3 is 0 Å². The van der Waals surface area contributed by atoms with Gasteiger partial charge in [-0.2, -0.15) is 0 Å². The Balaban J connectivity index is 1.89. The summed E-state index contributed by atoms with van der Waals surface area (Å²) in [6.45, 7) is 0.894. The molecule has 2 atom stereocenters. The molecule has 14 heavy (non-hydrogen) atoms. The van der Waals surface area contributed by atoms with Crippen molar-refractivity contribution in [3.63, 3.8) is 0 Å². The summed E-state index contributed by atoms with van der Waals surface area (Å²) < 4.78 is 0. The van der Waals surface area contributed by atoms with E-state index in [0.717, 1.165) is 18.7 Å². The van der Waals surface area contributed by atoms with Crippen molar-refractivity contribution in [2.75, 3.05) is 11.4 Å². The van der Waals surface area contributed by atoms with Crippen LogP contribution in [0.15, 0.2) is 24.3 Å². The number of nitrogens with zero attached hydrogens (tertiary/aromatic N) is 1. The lowest BCUT2D eigenvalue weighted by Crippen LogP contribution is -2.27. The molecule has 72 valence electrons. The van der Waals surface area contributed by atoms with Gasteiger partial charge in [0.15, 0.2) is 0 Å². The Morgan fingerprint density at radius 1 is 1.29 bits per heavy atom. The number of hydrogen-bond donors (Lipinski definition) is 0.